The Bertz CT molecular complexity index is 771. The zero-order chi connectivity index (χ0) is 19.2. The standard InChI is InChI=1S/C20H26N4O3/c1-23-8-10-24(11-9-23)19-7-4-15(13-21-19)14-22-20(25)16-5-6-17(26-2)18(12-16)27-3/h4-7,12-13H,8-11,14H2,1-3H3,(H,22,25). The van der Waals surface area contributed by atoms with Gasteiger partial charge in [-0.1, -0.05) is 6.07 Å². The largest absolute Gasteiger partial charge is 0.493 e. The molecule has 1 fully saturated rings. The highest BCUT2D eigenvalue weighted by Crippen LogP contribution is 2.27. The van der Waals surface area contributed by atoms with E-state index in [-0.39, 0.29) is 5.91 Å². The van der Waals surface area contributed by atoms with Crippen LogP contribution in [0.4, 0.5) is 5.82 Å². The minimum absolute atomic E-state index is 0.168. The summed E-state index contributed by atoms with van der Waals surface area (Å²) in [6.45, 7) is 4.48. The molecule has 144 valence electrons. The van der Waals surface area contributed by atoms with E-state index in [4.69, 9.17) is 9.47 Å². The fraction of sp³-hybridized carbons (Fsp3) is 0.400. The molecule has 0 unspecified atom stereocenters. The third kappa shape index (κ3) is 4.68. The molecule has 1 aromatic heterocycles. The minimum Gasteiger partial charge on any atom is -0.493 e. The van der Waals surface area contributed by atoms with Crippen molar-refractivity contribution in [2.24, 2.45) is 0 Å². The number of carbonyl (C=O) groups excluding carboxylic acids is 1. The first kappa shape index (κ1) is 19.0. The van der Waals surface area contributed by atoms with Crippen molar-refractivity contribution in [3.63, 3.8) is 0 Å². The van der Waals surface area contributed by atoms with Crippen LogP contribution in [0.5, 0.6) is 11.5 Å². The lowest BCUT2D eigenvalue weighted by molar-refractivity contribution is 0.0950. The number of hydrogen-bond donors (Lipinski definition) is 1. The topological polar surface area (TPSA) is 66.9 Å². The maximum atomic E-state index is 12.4. The second-order valence-corrected chi connectivity index (χ2v) is 6.57. The molecular weight excluding hydrogens is 344 g/mol. The molecule has 1 N–H and O–H groups in total. The quantitative estimate of drug-likeness (QED) is 0.836. The number of pyridine rings is 1. The lowest BCUT2D eigenvalue weighted by Gasteiger charge is -2.33. The minimum atomic E-state index is -0.168. The first-order chi connectivity index (χ1) is 13.1. The lowest BCUT2D eigenvalue weighted by Crippen LogP contribution is -2.44. The van der Waals surface area contributed by atoms with Crippen molar-refractivity contribution < 1.29 is 14.3 Å². The van der Waals surface area contributed by atoms with Gasteiger partial charge in [0.05, 0.1) is 14.2 Å². The van der Waals surface area contributed by atoms with E-state index >= 15 is 0 Å². The molecule has 1 aliphatic heterocycles. The van der Waals surface area contributed by atoms with Gasteiger partial charge in [0.2, 0.25) is 0 Å². The summed E-state index contributed by atoms with van der Waals surface area (Å²) in [5.41, 5.74) is 1.48. The summed E-state index contributed by atoms with van der Waals surface area (Å²) in [5.74, 6) is 1.94. The van der Waals surface area contributed by atoms with Crippen LogP contribution >= 0.6 is 0 Å². The summed E-state index contributed by atoms with van der Waals surface area (Å²) in [6.07, 6.45) is 1.82. The molecule has 1 aliphatic rings. The molecule has 0 aliphatic carbocycles. The molecule has 0 spiro atoms. The molecule has 0 atom stereocenters. The summed E-state index contributed by atoms with van der Waals surface area (Å²) in [7, 11) is 5.25. The van der Waals surface area contributed by atoms with Crippen molar-refractivity contribution >= 4 is 11.7 Å². The number of nitrogens with zero attached hydrogens (tertiary/aromatic N) is 3. The van der Waals surface area contributed by atoms with Crippen LogP contribution in [0.2, 0.25) is 0 Å². The zero-order valence-corrected chi connectivity index (χ0v) is 16.1. The maximum Gasteiger partial charge on any atom is 0.251 e. The SMILES string of the molecule is COc1ccc(C(=O)NCc2ccc(N3CCN(C)CC3)nc2)cc1OC. The number of rotatable bonds is 6. The third-order valence-corrected chi connectivity index (χ3v) is 4.74. The third-order valence-electron chi connectivity index (χ3n) is 4.74. The molecule has 7 nitrogen and oxygen atoms in total. The molecule has 0 bridgehead atoms. The number of likely N-dealkylation sites (N-methyl/N-ethyl adjacent to an activating group) is 1. The van der Waals surface area contributed by atoms with Gasteiger partial charge in [0.15, 0.2) is 11.5 Å². The Morgan fingerprint density at radius 2 is 1.81 bits per heavy atom. The number of carbonyl (C=O) groups is 1. The summed E-state index contributed by atoms with van der Waals surface area (Å²) in [4.78, 5) is 21.5. The maximum absolute atomic E-state index is 12.4. The van der Waals surface area contributed by atoms with Gasteiger partial charge in [-0.25, -0.2) is 4.98 Å². The molecule has 7 heteroatoms. The Labute approximate surface area is 159 Å². The molecule has 1 amide bonds. The molecule has 1 aromatic carbocycles. The van der Waals surface area contributed by atoms with E-state index in [1.54, 1.807) is 32.4 Å². The van der Waals surface area contributed by atoms with Crippen molar-refractivity contribution in [1.82, 2.24) is 15.2 Å². The van der Waals surface area contributed by atoms with Gasteiger partial charge >= 0.3 is 0 Å². The summed E-state index contributed by atoms with van der Waals surface area (Å²) in [5, 5.41) is 2.91. The Morgan fingerprint density at radius 1 is 1.07 bits per heavy atom. The molecule has 1 saturated heterocycles. The highest BCUT2D eigenvalue weighted by molar-refractivity contribution is 5.94. The first-order valence-corrected chi connectivity index (χ1v) is 8.99. The average Bonchev–Trinajstić information content (AvgIpc) is 2.72. The van der Waals surface area contributed by atoms with Crippen molar-refractivity contribution in [2.75, 3.05) is 52.3 Å². The predicted molar refractivity (Wildman–Crippen MR) is 105 cm³/mol. The van der Waals surface area contributed by atoms with E-state index in [1.165, 1.54) is 0 Å². The van der Waals surface area contributed by atoms with Crippen LogP contribution in [-0.2, 0) is 6.54 Å². The molecular formula is C20H26N4O3. The van der Waals surface area contributed by atoms with Gasteiger partial charge in [-0.05, 0) is 36.9 Å². The number of aromatic nitrogens is 1. The molecule has 27 heavy (non-hydrogen) atoms. The van der Waals surface area contributed by atoms with E-state index < -0.39 is 0 Å². The van der Waals surface area contributed by atoms with Gasteiger partial charge < -0.3 is 24.6 Å². The predicted octanol–water partition coefficient (Wildman–Crippen LogP) is 1.78. The number of benzene rings is 1. The number of ether oxygens (including phenoxy) is 2. The average molecular weight is 370 g/mol. The van der Waals surface area contributed by atoms with Crippen LogP contribution in [0.3, 0.4) is 0 Å². The van der Waals surface area contributed by atoms with Crippen molar-refractivity contribution in [3.8, 4) is 11.5 Å². The highest BCUT2D eigenvalue weighted by Gasteiger charge is 2.15. The number of piperazine rings is 1. The van der Waals surface area contributed by atoms with Gasteiger partial charge in [-0.15, -0.1) is 0 Å². The molecule has 0 saturated carbocycles. The molecule has 0 radical (unpaired) electrons. The summed E-state index contributed by atoms with van der Waals surface area (Å²) < 4.78 is 10.4. The van der Waals surface area contributed by atoms with Gasteiger partial charge in [-0.2, -0.15) is 0 Å². The van der Waals surface area contributed by atoms with Gasteiger partial charge in [-0.3, -0.25) is 4.79 Å². The Balaban J connectivity index is 1.57. The second-order valence-electron chi connectivity index (χ2n) is 6.57. The number of nitrogens with one attached hydrogen (secondary N) is 1. The summed E-state index contributed by atoms with van der Waals surface area (Å²) >= 11 is 0. The summed E-state index contributed by atoms with van der Waals surface area (Å²) in [6, 6.07) is 9.13. The fourth-order valence-corrected chi connectivity index (χ4v) is 3.01. The van der Waals surface area contributed by atoms with Crippen molar-refractivity contribution in [3.05, 3.63) is 47.7 Å². The number of methoxy groups -OCH3 is 2. The van der Waals surface area contributed by atoms with Gasteiger partial charge in [0.1, 0.15) is 5.82 Å². The number of anilines is 1. The number of hydrogen-bond acceptors (Lipinski definition) is 6. The van der Waals surface area contributed by atoms with Crippen molar-refractivity contribution in [2.45, 2.75) is 6.54 Å². The van der Waals surface area contributed by atoms with Gasteiger partial charge in [0, 0.05) is 44.5 Å². The van der Waals surface area contributed by atoms with Crippen molar-refractivity contribution in [1.29, 1.82) is 0 Å². The van der Waals surface area contributed by atoms with E-state index in [0.29, 0.717) is 23.6 Å². The van der Waals surface area contributed by atoms with Crippen LogP contribution in [-0.4, -0.2) is 63.2 Å². The molecule has 2 heterocycles. The van der Waals surface area contributed by atoms with Crippen LogP contribution in [0.1, 0.15) is 15.9 Å². The zero-order valence-electron chi connectivity index (χ0n) is 16.1. The van der Waals surface area contributed by atoms with Crippen LogP contribution in [0, 0.1) is 0 Å². The van der Waals surface area contributed by atoms with Crippen LogP contribution < -0.4 is 19.7 Å². The Morgan fingerprint density at radius 3 is 2.44 bits per heavy atom. The van der Waals surface area contributed by atoms with E-state index in [2.05, 4.69) is 27.1 Å². The van der Waals surface area contributed by atoms with Crippen LogP contribution in [0.25, 0.3) is 0 Å². The van der Waals surface area contributed by atoms with E-state index in [0.717, 1.165) is 37.6 Å². The monoisotopic (exact) mass is 370 g/mol. The van der Waals surface area contributed by atoms with E-state index in [1.807, 2.05) is 18.3 Å². The normalized spacial score (nSPS) is 14.7. The smallest absolute Gasteiger partial charge is 0.251 e. The molecule has 2 aromatic rings. The van der Waals surface area contributed by atoms with Crippen LogP contribution in [0.15, 0.2) is 36.5 Å². The second kappa shape index (κ2) is 8.73. The first-order valence-electron chi connectivity index (χ1n) is 8.99. The lowest BCUT2D eigenvalue weighted by atomic mass is 10.2. The molecule has 3 rings (SSSR count). The van der Waals surface area contributed by atoms with E-state index in [9.17, 15) is 4.79 Å². The Hall–Kier alpha value is -2.80. The highest BCUT2D eigenvalue weighted by atomic mass is 16.5. The number of amides is 1. The fourth-order valence-electron chi connectivity index (χ4n) is 3.01. The van der Waals surface area contributed by atoms with Gasteiger partial charge in [0.25, 0.3) is 5.91 Å². The Kier molecular flexibility index (Phi) is 6.13.